The molecule has 4 aromatic rings. The first-order valence-corrected chi connectivity index (χ1v) is 9.85. The van der Waals surface area contributed by atoms with Crippen LogP contribution in [0.4, 0.5) is 0 Å². The van der Waals surface area contributed by atoms with Gasteiger partial charge in [-0.1, -0.05) is 60.7 Å². The Balaban J connectivity index is 2.11. The Hall–Kier alpha value is -3.80. The van der Waals surface area contributed by atoms with Gasteiger partial charge < -0.3 is 0 Å². The average Bonchev–Trinajstić information content (AvgIpc) is 3.12. The SMILES string of the molecule is CCn1nc(-c2ccccc2)c(-c2ccccc2)c(C(=O)n2nc(C)cc2C)c1=O. The summed E-state index contributed by atoms with van der Waals surface area (Å²) in [5.41, 5.74) is 3.75. The molecular formula is C24H22N4O2. The van der Waals surface area contributed by atoms with E-state index in [1.807, 2.05) is 80.6 Å². The van der Waals surface area contributed by atoms with E-state index in [0.717, 1.165) is 16.8 Å². The molecule has 0 N–H and O–H groups in total. The molecule has 2 aromatic carbocycles. The van der Waals surface area contributed by atoms with Crippen LogP contribution in [0.1, 0.15) is 28.7 Å². The molecule has 0 atom stereocenters. The highest BCUT2D eigenvalue weighted by Crippen LogP contribution is 2.32. The van der Waals surface area contributed by atoms with Crippen molar-refractivity contribution in [1.29, 1.82) is 0 Å². The zero-order valence-corrected chi connectivity index (χ0v) is 17.2. The van der Waals surface area contributed by atoms with Gasteiger partial charge in [0.25, 0.3) is 11.5 Å². The fraction of sp³-hybridized carbons (Fsp3) is 0.167. The molecule has 0 fully saturated rings. The molecule has 0 aliphatic carbocycles. The van der Waals surface area contributed by atoms with E-state index >= 15 is 0 Å². The Kier molecular flexibility index (Phi) is 5.14. The molecule has 0 aliphatic heterocycles. The molecule has 0 radical (unpaired) electrons. The predicted molar refractivity (Wildman–Crippen MR) is 116 cm³/mol. The number of benzene rings is 2. The van der Waals surface area contributed by atoms with Crippen molar-refractivity contribution in [1.82, 2.24) is 19.6 Å². The lowest BCUT2D eigenvalue weighted by atomic mass is 9.95. The summed E-state index contributed by atoms with van der Waals surface area (Å²) in [4.78, 5) is 27.0. The summed E-state index contributed by atoms with van der Waals surface area (Å²) >= 11 is 0. The van der Waals surface area contributed by atoms with Crippen LogP contribution < -0.4 is 5.56 Å². The summed E-state index contributed by atoms with van der Waals surface area (Å²) in [5, 5.41) is 8.94. The molecule has 2 aromatic heterocycles. The average molecular weight is 398 g/mol. The van der Waals surface area contributed by atoms with Crippen molar-refractivity contribution in [2.45, 2.75) is 27.3 Å². The summed E-state index contributed by atoms with van der Waals surface area (Å²) in [7, 11) is 0. The van der Waals surface area contributed by atoms with Crippen LogP contribution in [0.2, 0.25) is 0 Å². The summed E-state index contributed by atoms with van der Waals surface area (Å²) in [6.07, 6.45) is 0. The van der Waals surface area contributed by atoms with Gasteiger partial charge in [0.05, 0.1) is 11.4 Å². The number of carbonyl (C=O) groups excluding carboxylic acids is 1. The van der Waals surface area contributed by atoms with Crippen LogP contribution >= 0.6 is 0 Å². The van der Waals surface area contributed by atoms with Crippen LogP contribution in [-0.4, -0.2) is 25.5 Å². The van der Waals surface area contributed by atoms with Gasteiger partial charge in [-0.25, -0.2) is 9.36 Å². The zero-order chi connectivity index (χ0) is 21.3. The van der Waals surface area contributed by atoms with Gasteiger partial charge in [-0.05, 0) is 32.4 Å². The third-order valence-corrected chi connectivity index (χ3v) is 4.98. The minimum atomic E-state index is -0.453. The molecule has 0 saturated carbocycles. The van der Waals surface area contributed by atoms with Crippen LogP contribution in [0.3, 0.4) is 0 Å². The first-order valence-electron chi connectivity index (χ1n) is 9.85. The number of aryl methyl sites for hydroxylation is 3. The topological polar surface area (TPSA) is 69.8 Å². The third kappa shape index (κ3) is 3.37. The number of carbonyl (C=O) groups is 1. The Bertz CT molecular complexity index is 1270. The van der Waals surface area contributed by atoms with E-state index in [0.29, 0.717) is 23.5 Å². The molecule has 6 heteroatoms. The predicted octanol–water partition coefficient (Wildman–Crippen LogP) is 4.10. The Labute approximate surface area is 174 Å². The number of nitrogens with zero attached hydrogens (tertiary/aromatic N) is 4. The molecule has 0 bridgehead atoms. The van der Waals surface area contributed by atoms with Crippen LogP contribution in [0.25, 0.3) is 22.4 Å². The number of hydrogen-bond donors (Lipinski definition) is 0. The number of rotatable bonds is 4. The first-order chi connectivity index (χ1) is 14.5. The minimum Gasteiger partial charge on any atom is -0.267 e. The van der Waals surface area contributed by atoms with Gasteiger partial charge in [-0.3, -0.25) is 9.59 Å². The molecule has 30 heavy (non-hydrogen) atoms. The van der Waals surface area contributed by atoms with E-state index in [1.165, 1.54) is 9.36 Å². The quantitative estimate of drug-likeness (QED) is 0.519. The van der Waals surface area contributed by atoms with E-state index < -0.39 is 11.5 Å². The summed E-state index contributed by atoms with van der Waals surface area (Å²) in [6, 6.07) is 20.9. The maximum Gasteiger partial charge on any atom is 0.284 e. The van der Waals surface area contributed by atoms with Crippen molar-refractivity contribution in [2.24, 2.45) is 0 Å². The van der Waals surface area contributed by atoms with Crippen LogP contribution in [0.5, 0.6) is 0 Å². The highest BCUT2D eigenvalue weighted by atomic mass is 16.2. The highest BCUT2D eigenvalue weighted by Gasteiger charge is 2.27. The van der Waals surface area contributed by atoms with E-state index in [2.05, 4.69) is 10.2 Å². The number of hydrogen-bond acceptors (Lipinski definition) is 4. The molecule has 2 heterocycles. The maximum atomic E-state index is 13.6. The summed E-state index contributed by atoms with van der Waals surface area (Å²) in [6.45, 7) is 5.81. The molecule has 0 aliphatic rings. The standard InChI is InChI=1S/C24H22N4O2/c1-4-27-23(29)21(24(30)28-17(3)15-16(2)25-28)20(18-11-7-5-8-12-18)22(26-27)19-13-9-6-10-14-19/h5-15H,4H2,1-3H3. The summed E-state index contributed by atoms with van der Waals surface area (Å²) < 4.78 is 2.64. The van der Waals surface area contributed by atoms with Crippen LogP contribution in [0, 0.1) is 13.8 Å². The zero-order valence-electron chi connectivity index (χ0n) is 17.2. The lowest BCUT2D eigenvalue weighted by molar-refractivity contribution is 0.0940. The monoisotopic (exact) mass is 398 g/mol. The van der Waals surface area contributed by atoms with E-state index in [4.69, 9.17) is 0 Å². The minimum absolute atomic E-state index is 0.0723. The van der Waals surface area contributed by atoms with Crippen molar-refractivity contribution in [3.8, 4) is 22.4 Å². The van der Waals surface area contributed by atoms with Crippen molar-refractivity contribution in [2.75, 3.05) is 0 Å². The highest BCUT2D eigenvalue weighted by molar-refractivity contribution is 6.04. The van der Waals surface area contributed by atoms with Gasteiger partial charge in [-0.15, -0.1) is 0 Å². The van der Waals surface area contributed by atoms with Crippen molar-refractivity contribution in [3.05, 3.63) is 94.0 Å². The Morgan fingerprint density at radius 2 is 1.50 bits per heavy atom. The molecule has 6 nitrogen and oxygen atoms in total. The van der Waals surface area contributed by atoms with Crippen molar-refractivity contribution < 1.29 is 4.79 Å². The molecule has 150 valence electrons. The van der Waals surface area contributed by atoms with Gasteiger partial charge in [0.1, 0.15) is 5.56 Å². The molecule has 4 rings (SSSR count). The lowest BCUT2D eigenvalue weighted by Crippen LogP contribution is -2.33. The van der Waals surface area contributed by atoms with E-state index in [1.54, 1.807) is 6.92 Å². The second kappa shape index (κ2) is 7.91. The molecule has 0 amide bonds. The Morgan fingerprint density at radius 1 is 0.900 bits per heavy atom. The van der Waals surface area contributed by atoms with Crippen molar-refractivity contribution in [3.63, 3.8) is 0 Å². The third-order valence-electron chi connectivity index (χ3n) is 4.98. The Morgan fingerprint density at radius 3 is 2.03 bits per heavy atom. The maximum absolute atomic E-state index is 13.6. The van der Waals surface area contributed by atoms with E-state index in [-0.39, 0.29) is 5.56 Å². The largest absolute Gasteiger partial charge is 0.284 e. The van der Waals surface area contributed by atoms with Crippen LogP contribution in [0.15, 0.2) is 71.5 Å². The molecule has 0 unspecified atom stereocenters. The van der Waals surface area contributed by atoms with Crippen molar-refractivity contribution >= 4 is 5.91 Å². The first kappa shape index (κ1) is 19.5. The molecule has 0 saturated heterocycles. The van der Waals surface area contributed by atoms with Gasteiger partial charge in [0.2, 0.25) is 0 Å². The molecular weight excluding hydrogens is 376 g/mol. The smallest absolute Gasteiger partial charge is 0.267 e. The summed E-state index contributed by atoms with van der Waals surface area (Å²) in [5.74, 6) is -0.453. The fourth-order valence-electron chi connectivity index (χ4n) is 3.61. The lowest BCUT2D eigenvalue weighted by Gasteiger charge is -2.16. The second-order valence-electron chi connectivity index (χ2n) is 7.10. The molecule has 0 spiro atoms. The fourth-order valence-corrected chi connectivity index (χ4v) is 3.61. The van der Waals surface area contributed by atoms with Gasteiger partial charge in [-0.2, -0.15) is 10.2 Å². The normalized spacial score (nSPS) is 10.9. The van der Waals surface area contributed by atoms with Crippen LogP contribution in [-0.2, 0) is 6.54 Å². The van der Waals surface area contributed by atoms with E-state index in [9.17, 15) is 9.59 Å². The van der Waals surface area contributed by atoms with Gasteiger partial charge in [0, 0.05) is 23.4 Å². The van der Waals surface area contributed by atoms with Gasteiger partial charge in [0.15, 0.2) is 0 Å². The van der Waals surface area contributed by atoms with Gasteiger partial charge >= 0.3 is 0 Å². The second-order valence-corrected chi connectivity index (χ2v) is 7.10. The number of aromatic nitrogens is 4.